The first kappa shape index (κ1) is 16.0. The van der Waals surface area contributed by atoms with Crippen molar-refractivity contribution in [2.24, 2.45) is 0 Å². The van der Waals surface area contributed by atoms with Gasteiger partial charge in [-0.2, -0.15) is 0 Å². The fraction of sp³-hybridized carbons (Fsp3) is 0.579. The van der Waals surface area contributed by atoms with Crippen LogP contribution in [0.1, 0.15) is 66.9 Å². The Labute approximate surface area is 137 Å². The second kappa shape index (κ2) is 7.16. The topological polar surface area (TPSA) is 55.4 Å². The van der Waals surface area contributed by atoms with Crippen LogP contribution in [0, 0.1) is 0 Å². The van der Waals surface area contributed by atoms with E-state index in [2.05, 4.69) is 5.32 Å². The van der Waals surface area contributed by atoms with Crippen LogP contribution in [0.15, 0.2) is 18.2 Å². The van der Waals surface area contributed by atoms with E-state index in [0.29, 0.717) is 5.56 Å². The maximum atomic E-state index is 12.2. The van der Waals surface area contributed by atoms with Crippen LogP contribution in [-0.4, -0.2) is 24.0 Å². The summed E-state index contributed by atoms with van der Waals surface area (Å²) in [7, 11) is 0. The maximum Gasteiger partial charge on any atom is 0.338 e. The van der Waals surface area contributed by atoms with Crippen LogP contribution >= 0.6 is 0 Å². The fourth-order valence-electron chi connectivity index (χ4n) is 3.55. The number of ether oxygens (including phenoxy) is 1. The van der Waals surface area contributed by atoms with E-state index >= 15 is 0 Å². The smallest absolute Gasteiger partial charge is 0.338 e. The molecular formula is C19H25NO3. The quantitative estimate of drug-likeness (QED) is 0.868. The molecule has 1 atom stereocenters. The van der Waals surface area contributed by atoms with Crippen LogP contribution in [0.4, 0.5) is 0 Å². The molecule has 1 fully saturated rings. The number of aryl methyl sites for hydroxylation is 2. The lowest BCUT2D eigenvalue weighted by molar-refractivity contribution is -0.130. The Hall–Kier alpha value is -1.84. The van der Waals surface area contributed by atoms with E-state index in [9.17, 15) is 9.59 Å². The fourth-order valence-corrected chi connectivity index (χ4v) is 3.55. The van der Waals surface area contributed by atoms with Crippen LogP contribution in [0.3, 0.4) is 0 Å². The molecule has 2 aliphatic carbocycles. The number of benzene rings is 1. The molecule has 2 aliphatic rings. The summed E-state index contributed by atoms with van der Waals surface area (Å²) in [6, 6.07) is 5.96. The van der Waals surface area contributed by atoms with E-state index < -0.39 is 12.1 Å². The van der Waals surface area contributed by atoms with E-state index in [1.807, 2.05) is 12.1 Å². The van der Waals surface area contributed by atoms with Crippen molar-refractivity contribution in [1.29, 1.82) is 0 Å². The summed E-state index contributed by atoms with van der Waals surface area (Å²) in [5, 5.41) is 3.00. The summed E-state index contributed by atoms with van der Waals surface area (Å²) in [4.78, 5) is 24.4. The minimum atomic E-state index is -0.752. The highest BCUT2D eigenvalue weighted by Gasteiger charge is 2.23. The van der Waals surface area contributed by atoms with E-state index in [-0.39, 0.29) is 11.9 Å². The van der Waals surface area contributed by atoms with Gasteiger partial charge in [0.2, 0.25) is 0 Å². The van der Waals surface area contributed by atoms with Gasteiger partial charge in [-0.3, -0.25) is 4.79 Å². The third-order valence-corrected chi connectivity index (χ3v) is 4.94. The third kappa shape index (κ3) is 3.92. The summed E-state index contributed by atoms with van der Waals surface area (Å²) in [6.07, 6.45) is 8.12. The van der Waals surface area contributed by atoms with Crippen molar-refractivity contribution in [2.75, 3.05) is 0 Å². The van der Waals surface area contributed by atoms with Gasteiger partial charge in [-0.1, -0.05) is 25.3 Å². The van der Waals surface area contributed by atoms with Crippen molar-refractivity contribution >= 4 is 11.9 Å². The van der Waals surface area contributed by atoms with Crippen molar-refractivity contribution in [1.82, 2.24) is 5.32 Å². The molecule has 0 aromatic heterocycles. The first-order valence-electron chi connectivity index (χ1n) is 8.76. The number of rotatable bonds is 4. The Morgan fingerprint density at radius 1 is 1.09 bits per heavy atom. The highest BCUT2D eigenvalue weighted by molar-refractivity contribution is 5.92. The van der Waals surface area contributed by atoms with E-state index in [1.54, 1.807) is 13.0 Å². The van der Waals surface area contributed by atoms with Crippen LogP contribution in [-0.2, 0) is 22.4 Å². The van der Waals surface area contributed by atoms with Gasteiger partial charge in [-0.05, 0) is 62.3 Å². The molecule has 0 bridgehead atoms. The predicted octanol–water partition coefficient (Wildman–Crippen LogP) is 3.17. The van der Waals surface area contributed by atoms with E-state index in [4.69, 9.17) is 4.74 Å². The molecule has 1 unspecified atom stereocenters. The number of hydrogen-bond acceptors (Lipinski definition) is 3. The van der Waals surface area contributed by atoms with Crippen LogP contribution in [0.25, 0.3) is 0 Å². The maximum absolute atomic E-state index is 12.2. The summed E-state index contributed by atoms with van der Waals surface area (Å²) in [5.41, 5.74) is 3.10. The molecular weight excluding hydrogens is 290 g/mol. The van der Waals surface area contributed by atoms with Crippen molar-refractivity contribution < 1.29 is 14.3 Å². The summed E-state index contributed by atoms with van der Waals surface area (Å²) < 4.78 is 5.35. The van der Waals surface area contributed by atoms with Crippen LogP contribution < -0.4 is 5.32 Å². The average Bonchev–Trinajstić information content (AvgIpc) is 3.03. The van der Waals surface area contributed by atoms with Gasteiger partial charge in [-0.25, -0.2) is 4.79 Å². The standard InChI is InChI=1S/C19H25NO3/c1-13(18(21)20-17-8-3-2-4-9-17)23-19(22)16-11-10-14-6-5-7-15(14)12-16/h10-13,17H,2-9H2,1H3,(H,20,21). The largest absolute Gasteiger partial charge is 0.449 e. The Morgan fingerprint density at radius 3 is 2.61 bits per heavy atom. The second-order valence-corrected chi connectivity index (χ2v) is 6.73. The van der Waals surface area contributed by atoms with Gasteiger partial charge in [0.05, 0.1) is 5.56 Å². The Bertz CT molecular complexity index is 590. The predicted molar refractivity (Wildman–Crippen MR) is 88.4 cm³/mol. The molecule has 124 valence electrons. The lowest BCUT2D eigenvalue weighted by Gasteiger charge is -2.24. The molecule has 4 nitrogen and oxygen atoms in total. The molecule has 4 heteroatoms. The molecule has 1 aromatic carbocycles. The lowest BCUT2D eigenvalue weighted by atomic mass is 9.95. The number of nitrogens with one attached hydrogen (secondary N) is 1. The molecule has 23 heavy (non-hydrogen) atoms. The summed E-state index contributed by atoms with van der Waals surface area (Å²) >= 11 is 0. The SMILES string of the molecule is CC(OC(=O)c1ccc2c(c1)CCC2)C(=O)NC1CCCCC1. The minimum Gasteiger partial charge on any atom is -0.449 e. The number of carbonyl (C=O) groups is 2. The number of fused-ring (bicyclic) bond motifs is 1. The molecule has 0 saturated heterocycles. The first-order valence-corrected chi connectivity index (χ1v) is 8.76. The van der Waals surface area contributed by atoms with Crippen LogP contribution in [0.5, 0.6) is 0 Å². The van der Waals surface area contributed by atoms with Gasteiger partial charge < -0.3 is 10.1 Å². The van der Waals surface area contributed by atoms with Crippen molar-refractivity contribution in [2.45, 2.75) is 70.4 Å². The van der Waals surface area contributed by atoms with Crippen molar-refractivity contribution in [3.05, 3.63) is 34.9 Å². The Balaban J connectivity index is 1.55. The molecule has 0 heterocycles. The first-order chi connectivity index (χ1) is 11.1. The molecule has 0 aliphatic heterocycles. The highest BCUT2D eigenvalue weighted by atomic mass is 16.5. The summed E-state index contributed by atoms with van der Waals surface area (Å²) in [5.74, 6) is -0.600. The monoisotopic (exact) mass is 315 g/mol. The Morgan fingerprint density at radius 2 is 1.83 bits per heavy atom. The minimum absolute atomic E-state index is 0.189. The Kier molecular flexibility index (Phi) is 4.99. The van der Waals surface area contributed by atoms with Crippen molar-refractivity contribution in [3.8, 4) is 0 Å². The second-order valence-electron chi connectivity index (χ2n) is 6.73. The molecule has 1 saturated carbocycles. The zero-order valence-electron chi connectivity index (χ0n) is 13.8. The molecule has 0 radical (unpaired) electrons. The number of carbonyl (C=O) groups excluding carboxylic acids is 2. The van der Waals surface area contributed by atoms with Gasteiger partial charge in [-0.15, -0.1) is 0 Å². The van der Waals surface area contributed by atoms with Gasteiger partial charge in [0.25, 0.3) is 5.91 Å². The highest BCUT2D eigenvalue weighted by Crippen LogP contribution is 2.23. The number of esters is 1. The van der Waals surface area contributed by atoms with Crippen LogP contribution in [0.2, 0.25) is 0 Å². The van der Waals surface area contributed by atoms with E-state index in [0.717, 1.165) is 44.9 Å². The average molecular weight is 315 g/mol. The number of hydrogen-bond donors (Lipinski definition) is 1. The molecule has 1 aromatic rings. The number of amides is 1. The molecule has 1 N–H and O–H groups in total. The normalized spacial score (nSPS) is 19.0. The van der Waals surface area contributed by atoms with Gasteiger partial charge in [0, 0.05) is 6.04 Å². The van der Waals surface area contributed by atoms with Gasteiger partial charge >= 0.3 is 5.97 Å². The third-order valence-electron chi connectivity index (χ3n) is 4.94. The van der Waals surface area contributed by atoms with Gasteiger partial charge in [0.1, 0.15) is 0 Å². The zero-order valence-corrected chi connectivity index (χ0v) is 13.8. The molecule has 0 spiro atoms. The summed E-state index contributed by atoms with van der Waals surface area (Å²) in [6.45, 7) is 1.64. The lowest BCUT2D eigenvalue weighted by Crippen LogP contribution is -2.42. The van der Waals surface area contributed by atoms with Gasteiger partial charge in [0.15, 0.2) is 6.10 Å². The zero-order chi connectivity index (χ0) is 16.2. The molecule has 1 amide bonds. The molecule has 3 rings (SSSR count). The van der Waals surface area contributed by atoms with Crippen molar-refractivity contribution in [3.63, 3.8) is 0 Å². The van der Waals surface area contributed by atoms with E-state index in [1.165, 1.54) is 17.5 Å².